The number of aromatic nitrogens is 3. The number of carbonyl (C=O) groups excluding carboxylic acids is 2. The molecule has 176 valence electrons. The van der Waals surface area contributed by atoms with E-state index in [2.05, 4.69) is 9.97 Å². The summed E-state index contributed by atoms with van der Waals surface area (Å²) in [4.78, 5) is 60.2. The number of benzene rings is 2. The van der Waals surface area contributed by atoms with Gasteiger partial charge >= 0.3 is 5.69 Å². The SMILES string of the molecule is O=C(c1ccncc1)N1CCN(C(=O)c2cccc(Cn3c(=O)[nH]c(=O)c4ccccc43)c2)CC1. The zero-order valence-electron chi connectivity index (χ0n) is 18.9. The summed E-state index contributed by atoms with van der Waals surface area (Å²) in [6, 6.07) is 17.4. The van der Waals surface area contributed by atoms with E-state index in [0.717, 1.165) is 5.56 Å². The molecule has 0 radical (unpaired) electrons. The largest absolute Gasteiger partial charge is 0.335 e. The van der Waals surface area contributed by atoms with Gasteiger partial charge in [0.15, 0.2) is 0 Å². The minimum atomic E-state index is -0.500. The van der Waals surface area contributed by atoms with E-state index in [0.29, 0.717) is 48.2 Å². The number of fused-ring (bicyclic) bond motifs is 1. The van der Waals surface area contributed by atoms with E-state index >= 15 is 0 Å². The van der Waals surface area contributed by atoms with Crippen LogP contribution in [0.15, 0.2) is 82.6 Å². The number of amides is 2. The van der Waals surface area contributed by atoms with Crippen LogP contribution in [0.1, 0.15) is 26.3 Å². The molecule has 2 amide bonds. The number of carbonyl (C=O) groups is 2. The summed E-state index contributed by atoms with van der Waals surface area (Å²) in [6.07, 6.45) is 3.17. The molecule has 2 aromatic carbocycles. The maximum Gasteiger partial charge on any atom is 0.329 e. The van der Waals surface area contributed by atoms with E-state index in [1.54, 1.807) is 76.8 Å². The second-order valence-corrected chi connectivity index (χ2v) is 8.38. The zero-order chi connectivity index (χ0) is 24.4. The molecule has 2 aromatic heterocycles. The van der Waals surface area contributed by atoms with Crippen LogP contribution in [0.4, 0.5) is 0 Å². The second kappa shape index (κ2) is 9.38. The maximum atomic E-state index is 13.2. The van der Waals surface area contributed by atoms with Crippen molar-refractivity contribution in [1.82, 2.24) is 24.3 Å². The van der Waals surface area contributed by atoms with Gasteiger partial charge < -0.3 is 9.80 Å². The lowest BCUT2D eigenvalue weighted by molar-refractivity contribution is 0.0535. The summed E-state index contributed by atoms with van der Waals surface area (Å²) in [5.74, 6) is -0.193. The first-order chi connectivity index (χ1) is 17.0. The van der Waals surface area contributed by atoms with Gasteiger partial charge in [-0.3, -0.25) is 28.9 Å². The summed E-state index contributed by atoms with van der Waals surface area (Å²) in [5, 5.41) is 0.429. The number of piperazine rings is 1. The molecular weight excluding hydrogens is 446 g/mol. The summed E-state index contributed by atoms with van der Waals surface area (Å²) < 4.78 is 1.49. The molecule has 35 heavy (non-hydrogen) atoms. The van der Waals surface area contributed by atoms with Gasteiger partial charge in [0.25, 0.3) is 17.4 Å². The van der Waals surface area contributed by atoms with Crippen LogP contribution >= 0.6 is 0 Å². The van der Waals surface area contributed by atoms with Crippen molar-refractivity contribution in [2.45, 2.75) is 6.54 Å². The van der Waals surface area contributed by atoms with Crippen LogP contribution in [0, 0.1) is 0 Å². The number of rotatable bonds is 4. The van der Waals surface area contributed by atoms with E-state index in [4.69, 9.17) is 0 Å². The molecule has 1 aliphatic rings. The van der Waals surface area contributed by atoms with Crippen molar-refractivity contribution in [2.24, 2.45) is 0 Å². The van der Waals surface area contributed by atoms with Gasteiger partial charge in [-0.25, -0.2) is 4.79 Å². The van der Waals surface area contributed by atoms with Crippen LogP contribution in [-0.2, 0) is 6.54 Å². The highest BCUT2D eigenvalue weighted by Gasteiger charge is 2.25. The lowest BCUT2D eigenvalue weighted by Crippen LogP contribution is -2.50. The van der Waals surface area contributed by atoms with Crippen LogP contribution in [0.5, 0.6) is 0 Å². The fourth-order valence-corrected chi connectivity index (χ4v) is 4.36. The number of aromatic amines is 1. The molecule has 0 atom stereocenters. The zero-order valence-corrected chi connectivity index (χ0v) is 18.9. The first kappa shape index (κ1) is 22.3. The first-order valence-electron chi connectivity index (χ1n) is 11.3. The number of nitrogens with one attached hydrogen (secondary N) is 1. The fourth-order valence-electron chi connectivity index (χ4n) is 4.36. The molecule has 5 rings (SSSR count). The van der Waals surface area contributed by atoms with Gasteiger partial charge in [0, 0.05) is 49.7 Å². The Morgan fingerprint density at radius 2 is 1.46 bits per heavy atom. The van der Waals surface area contributed by atoms with Crippen LogP contribution in [-0.4, -0.2) is 62.3 Å². The standard InChI is InChI=1S/C26H23N5O4/c32-23-21-6-1-2-7-22(21)31(26(35)28-23)17-18-4-3-5-20(16-18)25(34)30-14-12-29(13-15-30)24(33)19-8-10-27-11-9-19/h1-11,16H,12-15,17H2,(H,28,32,35). The van der Waals surface area contributed by atoms with Crippen molar-refractivity contribution in [3.8, 4) is 0 Å². The topological polar surface area (TPSA) is 108 Å². The molecule has 0 bridgehead atoms. The number of hydrogen-bond donors (Lipinski definition) is 1. The molecule has 0 saturated carbocycles. The molecule has 0 aliphatic carbocycles. The van der Waals surface area contributed by atoms with E-state index < -0.39 is 11.2 Å². The van der Waals surface area contributed by atoms with Gasteiger partial charge in [0.05, 0.1) is 17.4 Å². The average molecular weight is 470 g/mol. The number of para-hydroxylation sites is 1. The Hall–Kier alpha value is -4.53. The molecule has 0 unspecified atom stereocenters. The number of nitrogens with zero attached hydrogens (tertiary/aromatic N) is 4. The molecule has 4 aromatic rings. The van der Waals surface area contributed by atoms with E-state index in [1.807, 2.05) is 6.07 Å². The molecule has 1 fully saturated rings. The smallest absolute Gasteiger partial charge is 0.329 e. The van der Waals surface area contributed by atoms with Crippen LogP contribution < -0.4 is 11.2 Å². The van der Waals surface area contributed by atoms with Crippen LogP contribution in [0.25, 0.3) is 10.9 Å². The van der Waals surface area contributed by atoms with Crippen molar-refractivity contribution in [3.63, 3.8) is 0 Å². The van der Waals surface area contributed by atoms with Crippen molar-refractivity contribution in [2.75, 3.05) is 26.2 Å². The third kappa shape index (κ3) is 4.48. The lowest BCUT2D eigenvalue weighted by atomic mass is 10.1. The molecule has 0 spiro atoms. The van der Waals surface area contributed by atoms with Gasteiger partial charge in [0.1, 0.15) is 0 Å². The van der Waals surface area contributed by atoms with Crippen molar-refractivity contribution < 1.29 is 9.59 Å². The molecule has 1 saturated heterocycles. The van der Waals surface area contributed by atoms with Crippen molar-refractivity contribution >= 4 is 22.7 Å². The Bertz CT molecular complexity index is 1520. The van der Waals surface area contributed by atoms with E-state index in [9.17, 15) is 19.2 Å². The van der Waals surface area contributed by atoms with E-state index in [-0.39, 0.29) is 18.4 Å². The highest BCUT2D eigenvalue weighted by molar-refractivity contribution is 5.96. The molecular formula is C26H23N5O4. The molecule has 9 nitrogen and oxygen atoms in total. The monoisotopic (exact) mass is 469 g/mol. The highest BCUT2D eigenvalue weighted by atomic mass is 16.2. The number of H-pyrrole nitrogens is 1. The number of pyridine rings is 1. The molecule has 1 N–H and O–H groups in total. The average Bonchev–Trinajstić information content (AvgIpc) is 2.91. The Balaban J connectivity index is 1.31. The van der Waals surface area contributed by atoms with Crippen molar-refractivity contribution in [3.05, 3.63) is 111 Å². The summed E-state index contributed by atoms with van der Waals surface area (Å²) >= 11 is 0. The third-order valence-corrected chi connectivity index (χ3v) is 6.20. The second-order valence-electron chi connectivity index (χ2n) is 8.38. The van der Waals surface area contributed by atoms with Gasteiger partial charge in [-0.2, -0.15) is 0 Å². The fraction of sp³-hybridized carbons (Fsp3) is 0.192. The Kier molecular flexibility index (Phi) is 5.97. The highest BCUT2D eigenvalue weighted by Crippen LogP contribution is 2.15. The van der Waals surface area contributed by atoms with Crippen molar-refractivity contribution in [1.29, 1.82) is 0 Å². The minimum Gasteiger partial charge on any atom is -0.335 e. The summed E-state index contributed by atoms with van der Waals surface area (Å²) in [7, 11) is 0. The number of hydrogen-bond acceptors (Lipinski definition) is 5. The summed E-state index contributed by atoms with van der Waals surface area (Å²) in [5.41, 5.74) is 1.47. The quantitative estimate of drug-likeness (QED) is 0.490. The van der Waals surface area contributed by atoms with Crippen LogP contribution in [0.3, 0.4) is 0 Å². The summed E-state index contributed by atoms with van der Waals surface area (Å²) in [6.45, 7) is 1.98. The Morgan fingerprint density at radius 3 is 2.17 bits per heavy atom. The van der Waals surface area contributed by atoms with Gasteiger partial charge in [-0.15, -0.1) is 0 Å². The molecule has 1 aliphatic heterocycles. The Morgan fingerprint density at radius 1 is 0.800 bits per heavy atom. The van der Waals surface area contributed by atoms with Gasteiger partial charge in [-0.1, -0.05) is 24.3 Å². The molecule has 9 heteroatoms. The minimum absolute atomic E-state index is 0.0694. The Labute approximate surface area is 200 Å². The van der Waals surface area contributed by atoms with Gasteiger partial charge in [-0.05, 0) is 42.0 Å². The van der Waals surface area contributed by atoms with E-state index in [1.165, 1.54) is 4.57 Å². The predicted molar refractivity (Wildman–Crippen MR) is 130 cm³/mol. The first-order valence-corrected chi connectivity index (χ1v) is 11.3. The third-order valence-electron chi connectivity index (χ3n) is 6.20. The predicted octanol–water partition coefficient (Wildman–Crippen LogP) is 1.73. The lowest BCUT2D eigenvalue weighted by Gasteiger charge is -2.35. The normalized spacial score (nSPS) is 13.7. The van der Waals surface area contributed by atoms with Gasteiger partial charge in [0.2, 0.25) is 0 Å². The maximum absolute atomic E-state index is 13.2. The molecule has 3 heterocycles. The van der Waals surface area contributed by atoms with Crippen LogP contribution in [0.2, 0.25) is 0 Å².